The summed E-state index contributed by atoms with van der Waals surface area (Å²) in [6.07, 6.45) is -0.611. The van der Waals surface area contributed by atoms with Crippen LogP contribution < -0.4 is 10.1 Å². The number of ether oxygens (including phenoxy) is 2. The molecule has 190 valence electrons. The van der Waals surface area contributed by atoms with Gasteiger partial charge in [-0.1, -0.05) is 60.7 Å². The van der Waals surface area contributed by atoms with Gasteiger partial charge in [-0.3, -0.25) is 0 Å². The fourth-order valence-electron chi connectivity index (χ4n) is 4.29. The topological polar surface area (TPSA) is 88.1 Å². The van der Waals surface area contributed by atoms with Gasteiger partial charge in [0.25, 0.3) is 0 Å². The summed E-state index contributed by atoms with van der Waals surface area (Å²) < 4.78 is 11.2. The van der Waals surface area contributed by atoms with E-state index >= 15 is 0 Å². The summed E-state index contributed by atoms with van der Waals surface area (Å²) in [6, 6.07) is 22.2. The molecule has 1 atom stereocenters. The number of amides is 1. The molecule has 3 aromatic carbocycles. The van der Waals surface area contributed by atoms with E-state index in [0.29, 0.717) is 12.4 Å². The molecule has 1 aliphatic rings. The second-order valence-electron chi connectivity index (χ2n) is 8.86. The minimum absolute atomic E-state index is 0. The van der Waals surface area contributed by atoms with Crippen LogP contribution in [-0.4, -0.2) is 62.0 Å². The molecule has 0 bridgehead atoms. The van der Waals surface area contributed by atoms with Gasteiger partial charge in [-0.15, -0.1) is 12.4 Å². The lowest BCUT2D eigenvalue weighted by Crippen LogP contribution is -2.42. The number of alkyl carbamates (subject to hydrolysis) is 1. The normalized spacial score (nSPS) is 12.8. The number of nitrogens with one attached hydrogen (secondary N) is 1. The molecule has 1 amide bonds. The molecule has 0 radical (unpaired) electrons. The number of carboxylic acid groups (broad SMARTS) is 1. The van der Waals surface area contributed by atoms with Crippen LogP contribution in [-0.2, 0) is 16.0 Å². The van der Waals surface area contributed by atoms with Crippen molar-refractivity contribution in [2.45, 2.75) is 18.4 Å². The Bertz CT molecular complexity index is 1140. The largest absolute Gasteiger partial charge is 0.492 e. The van der Waals surface area contributed by atoms with Gasteiger partial charge in [0.2, 0.25) is 0 Å². The highest BCUT2D eigenvalue weighted by Gasteiger charge is 2.29. The summed E-state index contributed by atoms with van der Waals surface area (Å²) in [5, 5.41) is 12.1. The Hall–Kier alpha value is -3.55. The average molecular weight is 511 g/mol. The van der Waals surface area contributed by atoms with Crippen molar-refractivity contribution in [3.63, 3.8) is 0 Å². The molecule has 0 spiro atoms. The summed E-state index contributed by atoms with van der Waals surface area (Å²) in [5.41, 5.74) is 5.24. The van der Waals surface area contributed by atoms with Gasteiger partial charge in [0.05, 0.1) is 0 Å². The van der Waals surface area contributed by atoms with E-state index in [1.165, 1.54) is 0 Å². The number of aliphatic carboxylic acids is 1. The third-order valence-electron chi connectivity index (χ3n) is 6.10. The fraction of sp³-hybridized carbons (Fsp3) is 0.286. The Morgan fingerprint density at radius 1 is 0.944 bits per heavy atom. The first-order valence-corrected chi connectivity index (χ1v) is 11.6. The van der Waals surface area contributed by atoms with Crippen molar-refractivity contribution in [1.29, 1.82) is 0 Å². The van der Waals surface area contributed by atoms with E-state index < -0.39 is 18.1 Å². The number of carbonyl (C=O) groups is 2. The predicted octanol–water partition coefficient (Wildman–Crippen LogP) is 4.58. The molecule has 2 N–H and O–H groups in total. The monoisotopic (exact) mass is 510 g/mol. The highest BCUT2D eigenvalue weighted by Crippen LogP contribution is 2.44. The average Bonchev–Trinajstić information content (AvgIpc) is 3.17. The number of carbonyl (C=O) groups excluding carboxylic acids is 1. The zero-order valence-electron chi connectivity index (χ0n) is 20.3. The maximum absolute atomic E-state index is 12.5. The molecule has 0 aromatic heterocycles. The van der Waals surface area contributed by atoms with Gasteiger partial charge >= 0.3 is 12.1 Å². The van der Waals surface area contributed by atoms with Gasteiger partial charge in [0, 0.05) is 18.9 Å². The van der Waals surface area contributed by atoms with Crippen molar-refractivity contribution in [2.24, 2.45) is 0 Å². The highest BCUT2D eigenvalue weighted by molar-refractivity contribution is 5.85. The lowest BCUT2D eigenvalue weighted by molar-refractivity contribution is -0.139. The second kappa shape index (κ2) is 12.4. The van der Waals surface area contributed by atoms with Crippen LogP contribution in [0.5, 0.6) is 5.75 Å². The van der Waals surface area contributed by atoms with Crippen LogP contribution in [0.2, 0.25) is 0 Å². The number of nitrogens with zero attached hydrogens (tertiary/aromatic N) is 1. The van der Waals surface area contributed by atoms with E-state index in [1.54, 1.807) is 24.3 Å². The van der Waals surface area contributed by atoms with Crippen LogP contribution in [0.25, 0.3) is 11.1 Å². The first kappa shape index (κ1) is 27.0. The van der Waals surface area contributed by atoms with Crippen LogP contribution >= 0.6 is 12.4 Å². The second-order valence-corrected chi connectivity index (χ2v) is 8.86. The first-order chi connectivity index (χ1) is 16.9. The van der Waals surface area contributed by atoms with Crippen LogP contribution in [0.3, 0.4) is 0 Å². The van der Waals surface area contributed by atoms with Crippen molar-refractivity contribution in [3.05, 3.63) is 89.5 Å². The molecule has 0 unspecified atom stereocenters. The minimum atomic E-state index is -1.12. The number of fused-ring (bicyclic) bond motifs is 3. The summed E-state index contributed by atoms with van der Waals surface area (Å²) in [7, 11) is 3.95. The molecule has 7 nitrogen and oxygen atoms in total. The molecule has 8 heteroatoms. The van der Waals surface area contributed by atoms with Crippen LogP contribution in [0.1, 0.15) is 22.6 Å². The zero-order chi connectivity index (χ0) is 24.8. The minimum Gasteiger partial charge on any atom is -0.492 e. The summed E-state index contributed by atoms with van der Waals surface area (Å²) in [4.78, 5) is 26.4. The lowest BCUT2D eigenvalue weighted by Gasteiger charge is -2.18. The Morgan fingerprint density at radius 2 is 1.53 bits per heavy atom. The summed E-state index contributed by atoms with van der Waals surface area (Å²) in [5.74, 6) is -0.492. The zero-order valence-corrected chi connectivity index (χ0v) is 21.2. The molecular weight excluding hydrogens is 480 g/mol. The first-order valence-electron chi connectivity index (χ1n) is 11.6. The van der Waals surface area contributed by atoms with Crippen molar-refractivity contribution in [3.8, 4) is 16.9 Å². The Kier molecular flexibility index (Phi) is 9.33. The summed E-state index contributed by atoms with van der Waals surface area (Å²) in [6.45, 7) is 1.49. The molecule has 36 heavy (non-hydrogen) atoms. The smallest absolute Gasteiger partial charge is 0.407 e. The van der Waals surface area contributed by atoms with E-state index in [2.05, 4.69) is 17.4 Å². The van der Waals surface area contributed by atoms with E-state index in [4.69, 9.17) is 9.47 Å². The van der Waals surface area contributed by atoms with E-state index in [1.807, 2.05) is 55.4 Å². The van der Waals surface area contributed by atoms with Crippen molar-refractivity contribution >= 4 is 24.5 Å². The van der Waals surface area contributed by atoms with Crippen LogP contribution in [0, 0.1) is 0 Å². The molecule has 0 fully saturated rings. The number of likely N-dealkylation sites (N-methyl/N-ethyl adjacent to an activating group) is 1. The maximum atomic E-state index is 12.5. The number of rotatable bonds is 10. The van der Waals surface area contributed by atoms with Crippen molar-refractivity contribution in [2.75, 3.05) is 33.9 Å². The molecular formula is C28H31ClN2O5. The van der Waals surface area contributed by atoms with Crippen LogP contribution in [0.4, 0.5) is 4.79 Å². The van der Waals surface area contributed by atoms with Crippen molar-refractivity contribution in [1.82, 2.24) is 10.2 Å². The molecule has 0 saturated carbocycles. The molecule has 0 heterocycles. The van der Waals surface area contributed by atoms with E-state index in [0.717, 1.165) is 34.4 Å². The molecule has 4 rings (SSSR count). The highest BCUT2D eigenvalue weighted by atomic mass is 35.5. The van der Waals surface area contributed by atoms with Gasteiger partial charge in [-0.25, -0.2) is 9.59 Å². The third kappa shape index (κ3) is 6.56. The molecule has 0 aliphatic heterocycles. The van der Waals surface area contributed by atoms with Crippen molar-refractivity contribution < 1.29 is 24.2 Å². The Labute approximate surface area is 217 Å². The predicted molar refractivity (Wildman–Crippen MR) is 141 cm³/mol. The number of carboxylic acids is 1. The number of halogens is 1. The lowest BCUT2D eigenvalue weighted by atomic mass is 9.98. The number of hydrogen-bond donors (Lipinski definition) is 2. The van der Waals surface area contributed by atoms with Gasteiger partial charge in [-0.05, 0) is 54.0 Å². The molecule has 3 aromatic rings. The van der Waals surface area contributed by atoms with Crippen LogP contribution in [0.15, 0.2) is 72.8 Å². The third-order valence-corrected chi connectivity index (χ3v) is 6.10. The maximum Gasteiger partial charge on any atom is 0.407 e. The van der Waals surface area contributed by atoms with Gasteiger partial charge in [0.1, 0.15) is 25.0 Å². The number of benzene rings is 3. The van der Waals surface area contributed by atoms with Gasteiger partial charge < -0.3 is 24.8 Å². The Morgan fingerprint density at radius 3 is 2.08 bits per heavy atom. The molecule has 0 saturated heterocycles. The summed E-state index contributed by atoms with van der Waals surface area (Å²) >= 11 is 0. The number of hydrogen-bond acceptors (Lipinski definition) is 5. The molecule has 1 aliphatic carbocycles. The standard InChI is InChI=1S/C28H30N2O5.ClH/c1-30(2)15-16-34-20-13-11-19(12-14-20)17-26(27(31)32)29-28(33)35-18-25-23-9-5-3-7-21(23)22-8-4-6-10-24(22)25;/h3-14,25-26H,15-18H2,1-2H3,(H,29,33)(H,31,32);1H/t26-;/m0./s1. The van der Waals surface area contributed by atoms with Gasteiger partial charge in [-0.2, -0.15) is 0 Å². The quantitative estimate of drug-likeness (QED) is 0.415. The fourth-order valence-corrected chi connectivity index (χ4v) is 4.29. The van der Waals surface area contributed by atoms with E-state index in [9.17, 15) is 14.7 Å². The van der Waals surface area contributed by atoms with E-state index in [-0.39, 0.29) is 31.4 Å². The SMILES string of the molecule is CN(C)CCOc1ccc(C[C@H](NC(=O)OCC2c3ccccc3-c3ccccc32)C(=O)O)cc1.Cl. The van der Waals surface area contributed by atoms with Gasteiger partial charge in [0.15, 0.2) is 0 Å². The Balaban J connectivity index is 0.00000361.